The SMILES string of the molecule is O=C(/C=C/c1cccc(Cl)c1)N1CCN(CC(O)COc2ccccc2)CC1. The summed E-state index contributed by atoms with van der Waals surface area (Å²) in [6.07, 6.45) is 2.81. The van der Waals surface area contributed by atoms with Crippen molar-refractivity contribution in [3.05, 3.63) is 71.3 Å². The maximum atomic E-state index is 12.4. The standard InChI is InChI=1S/C22H25ClN2O3/c23-19-6-4-5-18(15-19)9-10-22(27)25-13-11-24(12-14-25)16-20(26)17-28-21-7-2-1-3-8-21/h1-10,15,20,26H,11-14,16-17H2/b10-9+. The van der Waals surface area contributed by atoms with E-state index < -0.39 is 6.10 Å². The summed E-state index contributed by atoms with van der Waals surface area (Å²) in [5, 5.41) is 10.9. The third-order valence-electron chi connectivity index (χ3n) is 4.61. The van der Waals surface area contributed by atoms with Crippen molar-refractivity contribution in [3.63, 3.8) is 0 Å². The summed E-state index contributed by atoms with van der Waals surface area (Å²) in [5.41, 5.74) is 0.904. The zero-order valence-electron chi connectivity index (χ0n) is 15.7. The Balaban J connectivity index is 1.39. The lowest BCUT2D eigenvalue weighted by atomic mass is 10.2. The lowest BCUT2D eigenvalue weighted by Gasteiger charge is -2.35. The molecule has 6 heteroatoms. The van der Waals surface area contributed by atoms with Crippen LogP contribution < -0.4 is 4.74 Å². The van der Waals surface area contributed by atoms with E-state index in [1.807, 2.05) is 53.4 Å². The number of ether oxygens (including phenoxy) is 1. The van der Waals surface area contributed by atoms with E-state index in [0.717, 1.165) is 24.4 Å². The molecule has 28 heavy (non-hydrogen) atoms. The monoisotopic (exact) mass is 400 g/mol. The van der Waals surface area contributed by atoms with E-state index in [9.17, 15) is 9.90 Å². The van der Waals surface area contributed by atoms with Crippen LogP contribution in [0.5, 0.6) is 5.75 Å². The summed E-state index contributed by atoms with van der Waals surface area (Å²) >= 11 is 5.96. The Morgan fingerprint density at radius 3 is 2.57 bits per heavy atom. The van der Waals surface area contributed by atoms with Crippen LogP contribution in [0, 0.1) is 0 Å². The lowest BCUT2D eigenvalue weighted by Crippen LogP contribution is -2.50. The highest BCUT2D eigenvalue weighted by Crippen LogP contribution is 2.13. The number of aliphatic hydroxyl groups is 1. The summed E-state index contributed by atoms with van der Waals surface area (Å²) < 4.78 is 5.59. The number of hydrogen-bond donors (Lipinski definition) is 1. The quantitative estimate of drug-likeness (QED) is 0.726. The highest BCUT2D eigenvalue weighted by Gasteiger charge is 2.21. The smallest absolute Gasteiger partial charge is 0.246 e. The Labute approximate surface area is 170 Å². The van der Waals surface area contributed by atoms with Crippen molar-refractivity contribution in [2.45, 2.75) is 6.10 Å². The van der Waals surface area contributed by atoms with Gasteiger partial charge in [-0.3, -0.25) is 9.69 Å². The van der Waals surface area contributed by atoms with Crippen molar-refractivity contribution in [1.82, 2.24) is 9.80 Å². The predicted molar refractivity (Wildman–Crippen MR) is 111 cm³/mol. The number of piperazine rings is 1. The van der Waals surface area contributed by atoms with Gasteiger partial charge in [0.2, 0.25) is 5.91 Å². The molecule has 1 heterocycles. The second-order valence-electron chi connectivity index (χ2n) is 6.79. The fourth-order valence-corrected chi connectivity index (χ4v) is 3.29. The predicted octanol–water partition coefficient (Wildman–Crippen LogP) is 2.94. The topological polar surface area (TPSA) is 53.0 Å². The summed E-state index contributed by atoms with van der Waals surface area (Å²) in [7, 11) is 0. The number of para-hydroxylation sites is 1. The molecule has 0 radical (unpaired) electrons. The second kappa shape index (κ2) is 10.3. The van der Waals surface area contributed by atoms with E-state index in [1.54, 1.807) is 18.2 Å². The summed E-state index contributed by atoms with van der Waals surface area (Å²) in [5.74, 6) is 0.746. The number of halogens is 1. The molecule has 5 nitrogen and oxygen atoms in total. The normalized spacial score (nSPS) is 16.3. The first-order chi connectivity index (χ1) is 13.6. The van der Waals surface area contributed by atoms with Gasteiger partial charge in [-0.15, -0.1) is 0 Å². The minimum Gasteiger partial charge on any atom is -0.491 e. The number of nitrogens with zero attached hydrogens (tertiary/aromatic N) is 2. The molecule has 148 valence electrons. The highest BCUT2D eigenvalue weighted by atomic mass is 35.5. The molecule has 1 saturated heterocycles. The lowest BCUT2D eigenvalue weighted by molar-refractivity contribution is -0.127. The van der Waals surface area contributed by atoms with E-state index in [-0.39, 0.29) is 12.5 Å². The summed E-state index contributed by atoms with van der Waals surface area (Å²) in [4.78, 5) is 16.3. The Hall–Kier alpha value is -2.34. The molecule has 1 N–H and O–H groups in total. The van der Waals surface area contributed by atoms with Crippen LogP contribution in [0.2, 0.25) is 5.02 Å². The molecule has 0 saturated carbocycles. The van der Waals surface area contributed by atoms with Gasteiger partial charge in [-0.25, -0.2) is 0 Å². The molecular weight excluding hydrogens is 376 g/mol. The molecule has 3 rings (SSSR count). The van der Waals surface area contributed by atoms with Crippen LogP contribution in [-0.4, -0.2) is 66.2 Å². The third-order valence-corrected chi connectivity index (χ3v) is 4.84. The average Bonchev–Trinajstić information content (AvgIpc) is 2.72. The number of rotatable bonds is 7. The van der Waals surface area contributed by atoms with Gasteiger partial charge in [-0.2, -0.15) is 0 Å². The molecule has 1 atom stereocenters. The molecule has 1 amide bonds. The van der Waals surface area contributed by atoms with Crippen LogP contribution in [0.1, 0.15) is 5.56 Å². The van der Waals surface area contributed by atoms with Crippen LogP contribution in [-0.2, 0) is 4.79 Å². The fraction of sp³-hybridized carbons (Fsp3) is 0.318. The number of carbonyl (C=O) groups excluding carboxylic acids is 1. The van der Waals surface area contributed by atoms with Crippen molar-refractivity contribution in [2.75, 3.05) is 39.3 Å². The Bertz CT molecular complexity index is 789. The zero-order valence-corrected chi connectivity index (χ0v) is 16.5. The van der Waals surface area contributed by atoms with Crippen molar-refractivity contribution in [2.24, 2.45) is 0 Å². The zero-order chi connectivity index (χ0) is 19.8. The molecule has 2 aromatic carbocycles. The number of hydrogen-bond acceptors (Lipinski definition) is 4. The van der Waals surface area contributed by atoms with E-state index >= 15 is 0 Å². The number of β-amino-alcohol motifs (C(OH)–C–C–N with tert-alkyl or cyclic N) is 1. The number of carbonyl (C=O) groups is 1. The Morgan fingerprint density at radius 2 is 1.86 bits per heavy atom. The molecule has 0 bridgehead atoms. The molecule has 1 unspecified atom stereocenters. The molecule has 1 fully saturated rings. The van der Waals surface area contributed by atoms with Crippen LogP contribution in [0.3, 0.4) is 0 Å². The number of benzene rings is 2. The second-order valence-corrected chi connectivity index (χ2v) is 7.23. The first kappa shape index (κ1) is 20.4. The van der Waals surface area contributed by atoms with E-state index in [4.69, 9.17) is 16.3 Å². The van der Waals surface area contributed by atoms with Gasteiger partial charge in [0.25, 0.3) is 0 Å². The minimum absolute atomic E-state index is 0.00687. The van der Waals surface area contributed by atoms with Crippen LogP contribution in [0.15, 0.2) is 60.7 Å². The van der Waals surface area contributed by atoms with E-state index in [2.05, 4.69) is 4.90 Å². The number of amides is 1. The van der Waals surface area contributed by atoms with Gasteiger partial charge >= 0.3 is 0 Å². The fourth-order valence-electron chi connectivity index (χ4n) is 3.09. The first-order valence-electron chi connectivity index (χ1n) is 9.41. The maximum absolute atomic E-state index is 12.4. The highest BCUT2D eigenvalue weighted by molar-refractivity contribution is 6.30. The van der Waals surface area contributed by atoms with Crippen molar-refractivity contribution < 1.29 is 14.6 Å². The van der Waals surface area contributed by atoms with Crippen LogP contribution in [0.4, 0.5) is 0 Å². The van der Waals surface area contributed by atoms with Gasteiger partial charge in [0.05, 0.1) is 0 Å². The maximum Gasteiger partial charge on any atom is 0.246 e. The first-order valence-corrected chi connectivity index (χ1v) is 9.79. The summed E-state index contributed by atoms with van der Waals surface area (Å²) in [6, 6.07) is 16.9. The molecule has 1 aliphatic heterocycles. The summed E-state index contributed by atoms with van der Waals surface area (Å²) in [6.45, 7) is 3.55. The average molecular weight is 401 g/mol. The van der Waals surface area contributed by atoms with Gasteiger partial charge in [-0.1, -0.05) is 41.9 Å². The van der Waals surface area contributed by atoms with Gasteiger partial charge < -0.3 is 14.7 Å². The van der Waals surface area contributed by atoms with E-state index in [1.165, 1.54) is 0 Å². The largest absolute Gasteiger partial charge is 0.491 e. The van der Waals surface area contributed by atoms with Gasteiger partial charge in [0.1, 0.15) is 18.5 Å². The van der Waals surface area contributed by atoms with Gasteiger partial charge in [0, 0.05) is 43.8 Å². The Kier molecular flexibility index (Phi) is 7.48. The molecule has 2 aromatic rings. The van der Waals surface area contributed by atoms with Crippen molar-refractivity contribution in [3.8, 4) is 5.75 Å². The molecular formula is C22H25ClN2O3. The minimum atomic E-state index is -0.565. The number of aliphatic hydroxyl groups excluding tert-OH is 1. The van der Waals surface area contributed by atoms with Crippen LogP contribution >= 0.6 is 11.6 Å². The van der Waals surface area contributed by atoms with Crippen LogP contribution in [0.25, 0.3) is 6.08 Å². The molecule has 0 aromatic heterocycles. The van der Waals surface area contributed by atoms with Crippen molar-refractivity contribution >= 4 is 23.6 Å². The molecule has 1 aliphatic rings. The van der Waals surface area contributed by atoms with Gasteiger partial charge in [-0.05, 0) is 35.9 Å². The third kappa shape index (κ3) is 6.37. The Morgan fingerprint density at radius 1 is 1.11 bits per heavy atom. The molecule has 0 spiro atoms. The van der Waals surface area contributed by atoms with Gasteiger partial charge in [0.15, 0.2) is 0 Å². The molecule has 0 aliphatic carbocycles. The van der Waals surface area contributed by atoms with E-state index in [0.29, 0.717) is 24.7 Å². The van der Waals surface area contributed by atoms with Crippen molar-refractivity contribution in [1.29, 1.82) is 0 Å².